The van der Waals surface area contributed by atoms with Crippen molar-refractivity contribution in [2.75, 3.05) is 45.6 Å². The Morgan fingerprint density at radius 1 is 1.28 bits per heavy atom. The quantitative estimate of drug-likeness (QED) is 0.717. The Morgan fingerprint density at radius 2 is 1.83 bits per heavy atom. The van der Waals surface area contributed by atoms with Crippen molar-refractivity contribution in [3.8, 4) is 0 Å². The van der Waals surface area contributed by atoms with Crippen molar-refractivity contribution in [2.24, 2.45) is 17.3 Å². The smallest absolute Gasteiger partial charge is 0.00768 e. The summed E-state index contributed by atoms with van der Waals surface area (Å²) in [5.74, 6) is 1.64. The Morgan fingerprint density at radius 3 is 2.28 bits per heavy atom. The minimum Gasteiger partial charge on any atom is -0.306 e. The molecule has 1 saturated heterocycles. The predicted octanol–water partition coefficient (Wildman–Crippen LogP) is 3.32. The molecule has 0 radical (unpaired) electrons. The molecular formula is C15H31BrN2. The van der Waals surface area contributed by atoms with Gasteiger partial charge in [0.05, 0.1) is 0 Å². The van der Waals surface area contributed by atoms with Crippen LogP contribution in [0.1, 0.15) is 33.6 Å². The van der Waals surface area contributed by atoms with E-state index in [4.69, 9.17) is 0 Å². The van der Waals surface area contributed by atoms with Gasteiger partial charge in [-0.05, 0) is 57.3 Å². The maximum absolute atomic E-state index is 3.68. The molecule has 0 aliphatic carbocycles. The van der Waals surface area contributed by atoms with Crippen molar-refractivity contribution in [1.82, 2.24) is 9.80 Å². The van der Waals surface area contributed by atoms with Crippen molar-refractivity contribution in [3.63, 3.8) is 0 Å². The highest BCUT2D eigenvalue weighted by molar-refractivity contribution is 9.09. The first-order chi connectivity index (χ1) is 8.32. The normalized spacial score (nSPS) is 21.5. The fraction of sp³-hybridized carbons (Fsp3) is 1.00. The number of alkyl halides is 1. The molecule has 1 aliphatic rings. The molecule has 0 aromatic rings. The highest BCUT2D eigenvalue weighted by Gasteiger charge is 2.26. The predicted molar refractivity (Wildman–Crippen MR) is 84.5 cm³/mol. The highest BCUT2D eigenvalue weighted by atomic mass is 79.9. The third-order valence-electron chi connectivity index (χ3n) is 4.35. The lowest BCUT2D eigenvalue weighted by atomic mass is 9.81. The standard InChI is InChI=1S/C15H31BrN2/c1-15(2,3)14(10-16)12-18(5)11-13-6-8-17(4)9-7-13/h13-14H,6-12H2,1-5H3. The van der Waals surface area contributed by atoms with Gasteiger partial charge in [0.2, 0.25) is 0 Å². The molecule has 0 bridgehead atoms. The van der Waals surface area contributed by atoms with Gasteiger partial charge in [-0.1, -0.05) is 36.7 Å². The molecule has 0 saturated carbocycles. The average Bonchev–Trinajstić information content (AvgIpc) is 2.27. The van der Waals surface area contributed by atoms with Crippen molar-refractivity contribution in [1.29, 1.82) is 0 Å². The van der Waals surface area contributed by atoms with Crippen LogP contribution in [0.2, 0.25) is 0 Å². The van der Waals surface area contributed by atoms with Crippen LogP contribution in [0.3, 0.4) is 0 Å². The lowest BCUT2D eigenvalue weighted by molar-refractivity contribution is 0.141. The minimum absolute atomic E-state index is 0.393. The summed E-state index contributed by atoms with van der Waals surface area (Å²) in [6.45, 7) is 12.1. The molecule has 1 aliphatic heterocycles. The van der Waals surface area contributed by atoms with E-state index in [1.54, 1.807) is 0 Å². The molecule has 0 aromatic heterocycles. The molecule has 108 valence electrons. The van der Waals surface area contributed by atoms with Gasteiger partial charge in [0.25, 0.3) is 0 Å². The molecule has 2 nitrogen and oxygen atoms in total. The molecular weight excluding hydrogens is 288 g/mol. The summed E-state index contributed by atoms with van der Waals surface area (Å²) in [6.07, 6.45) is 2.74. The lowest BCUT2D eigenvalue weighted by Crippen LogP contribution is -2.39. The monoisotopic (exact) mass is 318 g/mol. The second-order valence-corrected chi connectivity index (χ2v) is 7.83. The molecule has 1 unspecified atom stereocenters. The summed E-state index contributed by atoms with van der Waals surface area (Å²) in [4.78, 5) is 5.00. The first-order valence-corrected chi connectivity index (χ1v) is 8.38. The number of halogens is 1. The van der Waals surface area contributed by atoms with Gasteiger partial charge in [-0.15, -0.1) is 0 Å². The SMILES string of the molecule is CN1CCC(CN(C)CC(CBr)C(C)(C)C)CC1. The van der Waals surface area contributed by atoms with Crippen LogP contribution < -0.4 is 0 Å². The van der Waals surface area contributed by atoms with E-state index in [0.717, 1.165) is 17.2 Å². The zero-order valence-corrected chi connectivity index (χ0v) is 14.5. The molecule has 1 atom stereocenters. The fourth-order valence-electron chi connectivity index (χ4n) is 2.69. The molecule has 18 heavy (non-hydrogen) atoms. The Labute approximate surface area is 122 Å². The number of rotatable bonds is 5. The van der Waals surface area contributed by atoms with Gasteiger partial charge in [0, 0.05) is 18.4 Å². The first-order valence-electron chi connectivity index (χ1n) is 7.26. The summed E-state index contributed by atoms with van der Waals surface area (Å²) in [7, 11) is 4.53. The summed E-state index contributed by atoms with van der Waals surface area (Å²) < 4.78 is 0. The van der Waals surface area contributed by atoms with Gasteiger partial charge < -0.3 is 9.80 Å². The van der Waals surface area contributed by atoms with E-state index in [9.17, 15) is 0 Å². The molecule has 0 spiro atoms. The molecule has 1 rings (SSSR count). The maximum atomic E-state index is 3.68. The summed E-state index contributed by atoms with van der Waals surface area (Å²) in [5.41, 5.74) is 0.393. The second kappa shape index (κ2) is 7.25. The van der Waals surface area contributed by atoms with Gasteiger partial charge in [-0.3, -0.25) is 0 Å². The van der Waals surface area contributed by atoms with Crippen molar-refractivity contribution in [2.45, 2.75) is 33.6 Å². The van der Waals surface area contributed by atoms with Crippen molar-refractivity contribution >= 4 is 15.9 Å². The molecule has 1 fully saturated rings. The lowest BCUT2D eigenvalue weighted by Gasteiger charge is -2.36. The number of likely N-dealkylation sites (tertiary alicyclic amines) is 1. The van der Waals surface area contributed by atoms with Crippen LogP contribution in [0, 0.1) is 17.3 Å². The highest BCUT2D eigenvalue weighted by Crippen LogP contribution is 2.28. The minimum atomic E-state index is 0.393. The number of hydrogen-bond donors (Lipinski definition) is 0. The van der Waals surface area contributed by atoms with Gasteiger partial charge in [0.1, 0.15) is 0 Å². The van der Waals surface area contributed by atoms with Gasteiger partial charge in [0.15, 0.2) is 0 Å². The zero-order chi connectivity index (χ0) is 13.8. The zero-order valence-electron chi connectivity index (χ0n) is 12.9. The molecule has 3 heteroatoms. The van der Waals surface area contributed by atoms with Crippen LogP contribution in [-0.2, 0) is 0 Å². The Balaban J connectivity index is 2.34. The Bertz CT molecular complexity index is 229. The van der Waals surface area contributed by atoms with Crippen molar-refractivity contribution < 1.29 is 0 Å². The third-order valence-corrected chi connectivity index (χ3v) is 5.13. The van der Waals surface area contributed by atoms with Crippen LogP contribution in [-0.4, -0.2) is 55.4 Å². The van der Waals surface area contributed by atoms with E-state index in [1.165, 1.54) is 39.0 Å². The van der Waals surface area contributed by atoms with Crippen LogP contribution in [0.25, 0.3) is 0 Å². The van der Waals surface area contributed by atoms with Crippen LogP contribution >= 0.6 is 15.9 Å². The Hall–Kier alpha value is 0.400. The van der Waals surface area contributed by atoms with E-state index in [1.807, 2.05) is 0 Å². The fourth-order valence-corrected chi connectivity index (χ4v) is 3.87. The largest absolute Gasteiger partial charge is 0.306 e. The van der Waals surface area contributed by atoms with E-state index < -0.39 is 0 Å². The summed E-state index contributed by atoms with van der Waals surface area (Å²) in [5, 5.41) is 1.11. The van der Waals surface area contributed by atoms with Crippen molar-refractivity contribution in [3.05, 3.63) is 0 Å². The van der Waals surface area contributed by atoms with Gasteiger partial charge in [-0.25, -0.2) is 0 Å². The topological polar surface area (TPSA) is 6.48 Å². The van der Waals surface area contributed by atoms with Gasteiger partial charge in [-0.2, -0.15) is 0 Å². The van der Waals surface area contributed by atoms with Crippen LogP contribution in [0.5, 0.6) is 0 Å². The van der Waals surface area contributed by atoms with Crippen LogP contribution in [0.15, 0.2) is 0 Å². The maximum Gasteiger partial charge on any atom is 0.00768 e. The number of hydrogen-bond acceptors (Lipinski definition) is 2. The van der Waals surface area contributed by atoms with Crippen LogP contribution in [0.4, 0.5) is 0 Å². The molecule has 0 N–H and O–H groups in total. The number of nitrogens with zero attached hydrogens (tertiary/aromatic N) is 2. The first kappa shape index (κ1) is 16.5. The number of piperidine rings is 1. The average molecular weight is 319 g/mol. The van der Waals surface area contributed by atoms with E-state index in [2.05, 4.69) is 60.6 Å². The van der Waals surface area contributed by atoms with Gasteiger partial charge >= 0.3 is 0 Å². The van der Waals surface area contributed by atoms with E-state index >= 15 is 0 Å². The molecule has 1 heterocycles. The summed E-state index contributed by atoms with van der Waals surface area (Å²) in [6, 6.07) is 0. The summed E-state index contributed by atoms with van der Waals surface area (Å²) >= 11 is 3.68. The Kier molecular flexibility index (Phi) is 6.63. The van der Waals surface area contributed by atoms with E-state index in [0.29, 0.717) is 5.41 Å². The molecule has 0 aromatic carbocycles. The molecule has 0 amide bonds. The third kappa shape index (κ3) is 5.58. The second-order valence-electron chi connectivity index (χ2n) is 7.19. The van der Waals surface area contributed by atoms with E-state index in [-0.39, 0.29) is 0 Å².